The highest BCUT2D eigenvalue weighted by Crippen LogP contribution is 2.49. The number of aliphatic carboxylic acids is 1. The highest BCUT2D eigenvalue weighted by Gasteiger charge is 2.38. The van der Waals surface area contributed by atoms with E-state index in [9.17, 15) is 33.9 Å². The summed E-state index contributed by atoms with van der Waals surface area (Å²) in [6.45, 7) is 26.9. The molecule has 134 heavy (non-hydrogen) atoms. The zero-order valence-electron chi connectivity index (χ0n) is 75.3. The summed E-state index contributed by atoms with van der Waals surface area (Å²) in [5.41, 5.74) is 13.0. The molecule has 24 nitrogen and oxygen atoms in total. The fourth-order valence-corrected chi connectivity index (χ4v) is 19.2. The largest absolute Gasteiger partial charge is 0.479 e. The molecule has 12 aromatic heterocycles. The number of aryl methyl sites for hydroxylation is 3. The van der Waals surface area contributed by atoms with Crippen molar-refractivity contribution < 1.29 is 43.2 Å². The number of hydrogen-bond acceptors (Lipinski definition) is 23. The molecule has 12 heterocycles. The summed E-state index contributed by atoms with van der Waals surface area (Å²) in [5.74, 6) is -1.06. The minimum atomic E-state index is -1.21. The zero-order chi connectivity index (χ0) is 95.4. The van der Waals surface area contributed by atoms with Gasteiger partial charge in [0.2, 0.25) is 0 Å². The van der Waals surface area contributed by atoms with E-state index in [-0.39, 0.29) is 29.9 Å². The number of benzene rings is 6. The van der Waals surface area contributed by atoms with Crippen molar-refractivity contribution >= 4 is 162 Å². The molecule has 18 rings (SSSR count). The smallest absolute Gasteiger partial charge is 0.339 e. The number of carboxylic acid groups (broad SMARTS) is 1. The number of halogens is 4. The minimum absolute atomic E-state index is 0.136. The first-order chi connectivity index (χ1) is 64.0. The summed E-state index contributed by atoms with van der Waals surface area (Å²) in [6, 6.07) is 55.7. The van der Waals surface area contributed by atoms with Gasteiger partial charge >= 0.3 is 17.9 Å². The van der Waals surface area contributed by atoms with Gasteiger partial charge in [0, 0.05) is 137 Å². The molecular formula is C103H90Cl4N12O12S3. The van der Waals surface area contributed by atoms with Gasteiger partial charge in [0.25, 0.3) is 16.7 Å². The number of ether oxygens (including phenoxy) is 5. The second-order valence-electron chi connectivity index (χ2n) is 34.0. The Hall–Kier alpha value is -13.0. The third-order valence-electron chi connectivity index (χ3n) is 20.9. The lowest BCUT2D eigenvalue weighted by Gasteiger charge is -2.29. The fourth-order valence-electron chi connectivity index (χ4n) is 15.3. The molecule has 0 aliphatic carbocycles. The Morgan fingerprint density at radius 2 is 0.739 bits per heavy atom. The van der Waals surface area contributed by atoms with Crippen LogP contribution in [0.3, 0.4) is 0 Å². The number of rotatable bonds is 19. The molecule has 18 aromatic rings. The molecular weight excluding hydrogens is 1840 g/mol. The van der Waals surface area contributed by atoms with Crippen LogP contribution in [0, 0.1) is 20.8 Å². The summed E-state index contributed by atoms with van der Waals surface area (Å²) in [7, 11) is 0. The van der Waals surface area contributed by atoms with Gasteiger partial charge in [-0.15, -0.1) is 34.0 Å². The predicted octanol–water partition coefficient (Wildman–Crippen LogP) is 24.7. The van der Waals surface area contributed by atoms with E-state index in [0.29, 0.717) is 59.0 Å². The van der Waals surface area contributed by atoms with Crippen LogP contribution in [-0.4, -0.2) is 112 Å². The normalized spacial score (nSPS) is 12.4. The molecule has 0 spiro atoms. The monoisotopic (exact) mass is 1920 g/mol. The average Bonchev–Trinajstić information content (AvgIpc) is 1.57. The number of aromatic nitrogens is 12. The number of nitrogens with zero attached hydrogens (tertiary/aromatic N) is 11. The summed E-state index contributed by atoms with van der Waals surface area (Å²) >= 11 is 29.3. The Morgan fingerprint density at radius 1 is 0.403 bits per heavy atom. The van der Waals surface area contributed by atoms with Crippen LogP contribution in [0.2, 0.25) is 20.2 Å². The number of carboxylic acids is 1. The summed E-state index contributed by atoms with van der Waals surface area (Å²) < 4.78 is 35.4. The summed E-state index contributed by atoms with van der Waals surface area (Å²) in [5, 5.41) is 17.1. The molecule has 31 heteroatoms. The van der Waals surface area contributed by atoms with E-state index in [0.717, 1.165) is 135 Å². The van der Waals surface area contributed by atoms with Crippen molar-refractivity contribution in [3.8, 4) is 76.7 Å². The lowest BCUT2D eigenvalue weighted by molar-refractivity contribution is -0.167. The Balaban J connectivity index is 0.000000145. The van der Waals surface area contributed by atoms with Crippen molar-refractivity contribution in [3.63, 3.8) is 0 Å². The first-order valence-electron chi connectivity index (χ1n) is 42.6. The fraction of sp³-hybridized carbons (Fsp3) is 0.214. The van der Waals surface area contributed by atoms with Crippen molar-refractivity contribution in [2.45, 2.75) is 132 Å². The Morgan fingerprint density at radius 3 is 1.08 bits per heavy atom. The maximum absolute atomic E-state index is 13.4. The van der Waals surface area contributed by atoms with Gasteiger partial charge in [-0.25, -0.2) is 44.3 Å². The molecule has 0 aliphatic heterocycles. The van der Waals surface area contributed by atoms with Gasteiger partial charge in [-0.2, -0.15) is 0 Å². The molecule has 6 aromatic carbocycles. The molecule has 0 saturated heterocycles. The van der Waals surface area contributed by atoms with Crippen LogP contribution in [0.1, 0.15) is 128 Å². The molecule has 0 amide bonds. The average molecular weight is 1930 g/mol. The lowest BCUT2D eigenvalue weighted by Crippen LogP contribution is -2.29. The van der Waals surface area contributed by atoms with Crippen molar-refractivity contribution in [2.24, 2.45) is 0 Å². The molecule has 0 aliphatic rings. The highest BCUT2D eigenvalue weighted by molar-refractivity contribution is 7.23. The number of fused-ring (bicyclic) bond motifs is 6. The van der Waals surface area contributed by atoms with E-state index in [1.807, 2.05) is 235 Å². The van der Waals surface area contributed by atoms with Gasteiger partial charge in [-0.3, -0.25) is 38.5 Å². The van der Waals surface area contributed by atoms with E-state index in [1.165, 1.54) is 43.1 Å². The van der Waals surface area contributed by atoms with Crippen LogP contribution in [0.4, 0.5) is 0 Å². The highest BCUT2D eigenvalue weighted by atomic mass is 35.5. The number of hydrogen-bond donors (Lipinski definition) is 2. The Kier molecular flexibility index (Phi) is 28.8. The van der Waals surface area contributed by atoms with Gasteiger partial charge in [0.1, 0.15) is 48.4 Å². The Labute approximate surface area is 802 Å². The quantitative estimate of drug-likeness (QED) is 0.0561. The van der Waals surface area contributed by atoms with Crippen LogP contribution in [0.5, 0.6) is 0 Å². The minimum Gasteiger partial charge on any atom is -0.479 e. The standard InChI is InChI=1S/C35H31ClN4O4S.C33H27ClN4O4S.C27H26Cl2N2O3S.C8H6N2O/c1-6-43-34(42)30(44-35(3,4)5)27-20(2)18-25-31(28(27)21-9-11-24(36)12-10-21)45-32(39-25)23-13-16-37-26(19-23)40-17-14-22-8-7-15-38-29(22)33(40)41;1-18-16-23-29(26(19-7-9-22(34)10-8-19)25(18)28(32(40)41)42-33(2,3)4)43-30(37-23)21-11-14-35-24(17-21)38-15-12-20-6-5-13-36-27(20)31(38)39;1-6-33-26(32)23(34-27(3,4)5)21-15(2)13-19-24(22(21)16-7-9-18(28)10-8-16)35-25(31-19)17-11-12-30-20(29)14-17;11-8-7-6(3-5-10-8)2-1-4-9-7/h7-19,30H,6H2,1-5H3;5-17,28H,1-4H3,(H,40,41);7-14,23H,6H2,1-5H3;1-5H,(H,10,11)/t30-;28-;23-;/m000./s1. The number of aromatic amines is 1. The molecule has 0 bridgehead atoms. The predicted molar refractivity (Wildman–Crippen MR) is 535 cm³/mol. The van der Waals surface area contributed by atoms with Gasteiger partial charge in [-0.05, 0) is 258 Å². The third-order valence-corrected chi connectivity index (χ3v) is 25.3. The number of carbonyl (C=O) groups excluding carboxylic acids is 2. The van der Waals surface area contributed by atoms with E-state index in [1.54, 1.807) is 100.0 Å². The van der Waals surface area contributed by atoms with E-state index >= 15 is 0 Å². The first kappa shape index (κ1) is 95.6. The second kappa shape index (κ2) is 40.4. The van der Waals surface area contributed by atoms with Gasteiger partial charge < -0.3 is 33.8 Å². The van der Waals surface area contributed by atoms with Gasteiger partial charge in [0.05, 0.1) is 60.7 Å². The summed E-state index contributed by atoms with van der Waals surface area (Å²) in [6.07, 6.45) is 11.7. The molecule has 680 valence electrons. The molecule has 0 radical (unpaired) electrons. The van der Waals surface area contributed by atoms with Gasteiger partial charge in [-0.1, -0.05) is 101 Å². The molecule has 0 saturated carbocycles. The third kappa shape index (κ3) is 21.6. The molecule has 3 atom stereocenters. The zero-order valence-corrected chi connectivity index (χ0v) is 80.7. The molecule has 0 unspecified atom stereocenters. The lowest BCUT2D eigenvalue weighted by atomic mass is 9.91. The second-order valence-corrected chi connectivity index (χ2v) is 38.7. The van der Waals surface area contributed by atoms with Gasteiger partial charge in [0.15, 0.2) is 18.3 Å². The number of nitrogens with one attached hydrogen (secondary N) is 1. The summed E-state index contributed by atoms with van der Waals surface area (Å²) in [4.78, 5) is 120. The van der Waals surface area contributed by atoms with Crippen LogP contribution in [0.25, 0.3) is 140 Å². The Bertz CT molecular complexity index is 7690. The van der Waals surface area contributed by atoms with Crippen LogP contribution >= 0.6 is 80.4 Å². The van der Waals surface area contributed by atoms with Crippen molar-refractivity contribution in [2.75, 3.05) is 13.2 Å². The number of carbonyl (C=O) groups is 3. The molecule has 2 N–H and O–H groups in total. The number of esters is 2. The van der Waals surface area contributed by atoms with E-state index in [2.05, 4.69) is 34.9 Å². The topological polar surface area (TPSA) is 310 Å². The maximum Gasteiger partial charge on any atom is 0.339 e. The van der Waals surface area contributed by atoms with E-state index < -0.39 is 53.0 Å². The van der Waals surface area contributed by atoms with Crippen LogP contribution in [0.15, 0.2) is 252 Å². The molecule has 0 fully saturated rings. The first-order valence-corrected chi connectivity index (χ1v) is 46.5. The number of pyridine rings is 9. The SMILES string of the molecule is CCOC(=O)[C@@H](OC(C)(C)C)c1c(C)cc2nc(-c3ccnc(-n4ccc5cccnc5c4=O)c3)sc2c1-c1ccc(Cl)cc1.CCOC(=O)[C@@H](OC(C)(C)C)c1c(C)cc2nc(-c3ccnc(Cl)c3)sc2c1-c1ccc(Cl)cc1.Cc1cc2nc(-c3ccnc(-n4ccc5cccnc5c4=O)c3)sc2c(-c2ccc(Cl)cc2)c1[C@H](OC(C)(C)C)C(=O)O.O=c1[nH]ccc2cccnc12. The number of thiazole rings is 3. The van der Waals surface area contributed by atoms with E-state index in [4.69, 9.17) is 85.0 Å². The maximum atomic E-state index is 13.4. The number of H-pyrrole nitrogens is 1. The van der Waals surface area contributed by atoms with Crippen molar-refractivity contribution in [1.82, 2.24) is 59.0 Å². The van der Waals surface area contributed by atoms with Crippen LogP contribution < -0.4 is 16.7 Å². The van der Waals surface area contributed by atoms with Crippen molar-refractivity contribution in [3.05, 3.63) is 322 Å². The van der Waals surface area contributed by atoms with Crippen molar-refractivity contribution in [1.29, 1.82) is 0 Å². The van der Waals surface area contributed by atoms with Crippen LogP contribution in [-0.2, 0) is 38.1 Å².